The minimum atomic E-state index is -3.89. The highest BCUT2D eigenvalue weighted by atomic mass is 32.2. The van der Waals surface area contributed by atoms with Crippen LogP contribution in [0.1, 0.15) is 12.0 Å². The Balaban J connectivity index is 1.23. The van der Waals surface area contributed by atoms with Crippen molar-refractivity contribution in [3.05, 3.63) is 88.6 Å². The van der Waals surface area contributed by atoms with Crippen LogP contribution in [0.3, 0.4) is 0 Å². The Labute approximate surface area is 228 Å². The predicted octanol–water partition coefficient (Wildman–Crippen LogP) is 4.27. The molecule has 5 rings (SSSR count). The Kier molecular flexibility index (Phi) is 8.02. The molecule has 9 heteroatoms. The van der Waals surface area contributed by atoms with Gasteiger partial charge >= 0.3 is 0 Å². The molecule has 204 valence electrons. The molecule has 2 heterocycles. The third-order valence-electron chi connectivity index (χ3n) is 7.18. The van der Waals surface area contributed by atoms with E-state index in [1.165, 1.54) is 6.07 Å². The number of rotatable bonds is 9. The summed E-state index contributed by atoms with van der Waals surface area (Å²) < 4.78 is 40.9. The van der Waals surface area contributed by atoms with E-state index < -0.39 is 10.0 Å². The van der Waals surface area contributed by atoms with E-state index in [9.17, 15) is 13.2 Å². The molecule has 1 saturated heterocycles. The van der Waals surface area contributed by atoms with E-state index in [0.29, 0.717) is 17.7 Å². The highest BCUT2D eigenvalue weighted by molar-refractivity contribution is 7.89. The van der Waals surface area contributed by atoms with Crippen LogP contribution in [0.2, 0.25) is 0 Å². The molecule has 1 aromatic heterocycles. The van der Waals surface area contributed by atoms with E-state index >= 15 is 0 Å². The standard InChI is InChI=1S/C30H33N3O5S/c1-22-28(34)24-12-8-15-27(30(24)38-29(22)23-10-4-3-5-11-23)39(35,36)31-16-9-17-32-18-20-33(21-19-32)25-13-6-7-14-26(25)37-2/h3-8,10-15,31H,9,16-21H2,1-2H3. The Morgan fingerprint density at radius 3 is 2.38 bits per heavy atom. The monoisotopic (exact) mass is 547 g/mol. The zero-order valence-electron chi connectivity index (χ0n) is 22.2. The second-order valence-electron chi connectivity index (χ2n) is 9.64. The minimum absolute atomic E-state index is 0.0281. The van der Waals surface area contributed by atoms with Crippen LogP contribution in [0, 0.1) is 6.92 Å². The highest BCUT2D eigenvalue weighted by Gasteiger charge is 2.23. The van der Waals surface area contributed by atoms with Crippen molar-refractivity contribution in [2.24, 2.45) is 0 Å². The van der Waals surface area contributed by atoms with Crippen molar-refractivity contribution in [3.8, 4) is 17.1 Å². The van der Waals surface area contributed by atoms with Crippen molar-refractivity contribution in [1.82, 2.24) is 9.62 Å². The molecule has 0 bridgehead atoms. The van der Waals surface area contributed by atoms with Crippen LogP contribution in [-0.2, 0) is 10.0 Å². The topological polar surface area (TPSA) is 92.1 Å². The first-order chi connectivity index (χ1) is 18.9. The third kappa shape index (κ3) is 5.71. The van der Waals surface area contributed by atoms with Gasteiger partial charge in [0.2, 0.25) is 10.0 Å². The second kappa shape index (κ2) is 11.6. The molecule has 1 aliphatic rings. The fraction of sp³-hybridized carbons (Fsp3) is 0.300. The molecule has 1 aliphatic heterocycles. The normalized spacial score (nSPS) is 14.6. The van der Waals surface area contributed by atoms with Gasteiger partial charge in [-0.05, 0) is 44.2 Å². The van der Waals surface area contributed by atoms with Crippen molar-refractivity contribution in [2.45, 2.75) is 18.2 Å². The molecule has 4 aromatic rings. The number of fused-ring (bicyclic) bond motifs is 1. The molecule has 1 N–H and O–H groups in total. The molecule has 0 spiro atoms. The molecule has 39 heavy (non-hydrogen) atoms. The Morgan fingerprint density at radius 2 is 1.64 bits per heavy atom. The molecule has 0 radical (unpaired) electrons. The average Bonchev–Trinajstić information content (AvgIpc) is 2.97. The molecular weight excluding hydrogens is 514 g/mol. The first-order valence-corrected chi connectivity index (χ1v) is 14.6. The van der Waals surface area contributed by atoms with Gasteiger partial charge in [-0.25, -0.2) is 13.1 Å². The third-order valence-corrected chi connectivity index (χ3v) is 8.66. The number of benzene rings is 3. The summed E-state index contributed by atoms with van der Waals surface area (Å²) in [6.45, 7) is 6.30. The van der Waals surface area contributed by atoms with Gasteiger partial charge in [-0.15, -0.1) is 0 Å². The van der Waals surface area contributed by atoms with Crippen LogP contribution in [0.25, 0.3) is 22.3 Å². The van der Waals surface area contributed by atoms with Gasteiger partial charge in [0.25, 0.3) is 0 Å². The lowest BCUT2D eigenvalue weighted by Crippen LogP contribution is -2.47. The number of ether oxygens (including phenoxy) is 1. The van der Waals surface area contributed by atoms with Gasteiger partial charge in [-0.2, -0.15) is 0 Å². The maximum atomic E-state index is 13.3. The fourth-order valence-corrected chi connectivity index (χ4v) is 6.27. The van der Waals surface area contributed by atoms with Gasteiger partial charge < -0.3 is 14.1 Å². The van der Waals surface area contributed by atoms with Gasteiger partial charge in [0.05, 0.1) is 18.2 Å². The molecule has 0 amide bonds. The number of piperazine rings is 1. The van der Waals surface area contributed by atoms with E-state index in [4.69, 9.17) is 9.15 Å². The lowest BCUT2D eigenvalue weighted by molar-refractivity contribution is 0.254. The van der Waals surface area contributed by atoms with Crippen molar-refractivity contribution in [2.75, 3.05) is 51.3 Å². The molecule has 1 fully saturated rings. The van der Waals surface area contributed by atoms with Gasteiger partial charge in [0.15, 0.2) is 11.0 Å². The average molecular weight is 548 g/mol. The summed E-state index contributed by atoms with van der Waals surface area (Å²) in [6.07, 6.45) is 0.664. The lowest BCUT2D eigenvalue weighted by atomic mass is 10.1. The minimum Gasteiger partial charge on any atom is -0.495 e. The summed E-state index contributed by atoms with van der Waals surface area (Å²) >= 11 is 0. The summed E-state index contributed by atoms with van der Waals surface area (Å²) in [7, 11) is -2.21. The molecule has 0 saturated carbocycles. The van der Waals surface area contributed by atoms with Crippen LogP contribution in [0.4, 0.5) is 5.69 Å². The summed E-state index contributed by atoms with van der Waals surface area (Å²) in [6, 6.07) is 21.9. The Bertz CT molecular complexity index is 1610. The molecule has 3 aromatic carbocycles. The molecule has 8 nitrogen and oxygen atoms in total. The van der Waals surface area contributed by atoms with Crippen molar-refractivity contribution >= 4 is 26.7 Å². The number of nitrogens with one attached hydrogen (secondary N) is 1. The van der Waals surface area contributed by atoms with E-state index in [1.54, 1.807) is 26.2 Å². The first kappa shape index (κ1) is 26.9. The predicted molar refractivity (Wildman–Crippen MR) is 154 cm³/mol. The van der Waals surface area contributed by atoms with Gasteiger partial charge in [0.1, 0.15) is 16.4 Å². The quantitative estimate of drug-likeness (QED) is 0.313. The van der Waals surface area contributed by atoms with Gasteiger partial charge in [0, 0.05) is 43.9 Å². The maximum Gasteiger partial charge on any atom is 0.244 e. The summed E-state index contributed by atoms with van der Waals surface area (Å²) in [4.78, 5) is 17.7. The zero-order valence-corrected chi connectivity index (χ0v) is 23.0. The van der Waals surface area contributed by atoms with Crippen molar-refractivity contribution in [3.63, 3.8) is 0 Å². The van der Waals surface area contributed by atoms with E-state index in [-0.39, 0.29) is 27.8 Å². The number of hydrogen-bond donors (Lipinski definition) is 1. The smallest absolute Gasteiger partial charge is 0.244 e. The fourth-order valence-electron chi connectivity index (χ4n) is 5.05. The van der Waals surface area contributed by atoms with Gasteiger partial charge in [-0.1, -0.05) is 48.5 Å². The van der Waals surface area contributed by atoms with Crippen LogP contribution in [0.5, 0.6) is 5.75 Å². The molecule has 0 atom stereocenters. The first-order valence-electron chi connectivity index (χ1n) is 13.1. The van der Waals surface area contributed by atoms with Crippen LogP contribution in [0.15, 0.2) is 86.9 Å². The van der Waals surface area contributed by atoms with Gasteiger partial charge in [-0.3, -0.25) is 9.69 Å². The molecular formula is C30H33N3O5S. The summed E-state index contributed by atoms with van der Waals surface area (Å²) in [5, 5.41) is 0.253. The largest absolute Gasteiger partial charge is 0.495 e. The van der Waals surface area contributed by atoms with Crippen molar-refractivity contribution < 1.29 is 17.6 Å². The number of para-hydroxylation sites is 3. The Morgan fingerprint density at radius 1 is 0.923 bits per heavy atom. The number of hydrogen-bond acceptors (Lipinski definition) is 7. The van der Waals surface area contributed by atoms with E-state index in [0.717, 1.165) is 49.7 Å². The number of sulfonamides is 1. The Hall–Kier alpha value is -3.66. The number of methoxy groups -OCH3 is 1. The SMILES string of the molecule is COc1ccccc1N1CCN(CCCNS(=O)(=O)c2cccc3c(=O)c(C)c(-c4ccccc4)oc23)CC1. The summed E-state index contributed by atoms with van der Waals surface area (Å²) in [5.74, 6) is 1.25. The second-order valence-corrected chi connectivity index (χ2v) is 11.4. The van der Waals surface area contributed by atoms with Crippen LogP contribution >= 0.6 is 0 Å². The number of nitrogens with zero attached hydrogens (tertiary/aromatic N) is 2. The molecule has 0 aliphatic carbocycles. The molecule has 0 unspecified atom stereocenters. The maximum absolute atomic E-state index is 13.3. The van der Waals surface area contributed by atoms with E-state index in [2.05, 4.69) is 20.6 Å². The van der Waals surface area contributed by atoms with Crippen molar-refractivity contribution in [1.29, 1.82) is 0 Å². The highest BCUT2D eigenvalue weighted by Crippen LogP contribution is 2.30. The summed E-state index contributed by atoms with van der Waals surface area (Å²) in [5.41, 5.74) is 2.10. The van der Waals surface area contributed by atoms with Crippen LogP contribution < -0.4 is 19.8 Å². The van der Waals surface area contributed by atoms with E-state index in [1.807, 2.05) is 48.5 Å². The lowest BCUT2D eigenvalue weighted by Gasteiger charge is -2.36. The van der Waals surface area contributed by atoms with Crippen LogP contribution in [-0.4, -0.2) is 59.7 Å². The zero-order chi connectivity index (χ0) is 27.4. The number of anilines is 1.